The van der Waals surface area contributed by atoms with Gasteiger partial charge < -0.3 is 10.1 Å². The third-order valence-electron chi connectivity index (χ3n) is 2.89. The van der Waals surface area contributed by atoms with Gasteiger partial charge in [-0.05, 0) is 43.2 Å². The standard InChI is InChI=1S/C15H19N3O2S/c1-3-4-9-20-13-7-5-12(6-8-13)10-16-18-15-17-14(19)11(2)21-15/h5-8,10-11H,3-4,9H2,1-2H3,(H,17,18,19)/b16-10-/t11-/m0/s1. The lowest BCUT2D eigenvalue weighted by molar-refractivity contribution is -0.118. The molecule has 0 spiro atoms. The molecule has 5 nitrogen and oxygen atoms in total. The van der Waals surface area contributed by atoms with Crippen LogP contribution in [0.5, 0.6) is 5.75 Å². The summed E-state index contributed by atoms with van der Waals surface area (Å²) in [4.78, 5) is 11.3. The van der Waals surface area contributed by atoms with Crippen LogP contribution in [0.3, 0.4) is 0 Å². The Morgan fingerprint density at radius 2 is 2.14 bits per heavy atom. The number of hydrogen-bond donors (Lipinski definition) is 1. The second kappa shape index (κ2) is 7.83. The number of rotatable bonds is 6. The first-order valence-electron chi connectivity index (χ1n) is 7.00. The fourth-order valence-electron chi connectivity index (χ4n) is 1.64. The summed E-state index contributed by atoms with van der Waals surface area (Å²) in [6.07, 6.45) is 3.83. The zero-order chi connectivity index (χ0) is 15.1. The van der Waals surface area contributed by atoms with E-state index in [-0.39, 0.29) is 11.2 Å². The molecule has 0 bridgehead atoms. The lowest BCUT2D eigenvalue weighted by Gasteiger charge is -2.04. The number of amidine groups is 1. The number of carbonyl (C=O) groups excluding carboxylic acids is 1. The van der Waals surface area contributed by atoms with Gasteiger partial charge in [-0.1, -0.05) is 25.1 Å². The Morgan fingerprint density at radius 3 is 2.76 bits per heavy atom. The molecule has 0 aliphatic carbocycles. The van der Waals surface area contributed by atoms with Crippen LogP contribution in [-0.2, 0) is 4.79 Å². The van der Waals surface area contributed by atoms with Crippen LogP contribution < -0.4 is 10.1 Å². The second-order valence-electron chi connectivity index (χ2n) is 4.67. The Bertz CT molecular complexity index is 540. The van der Waals surface area contributed by atoms with Gasteiger partial charge in [0.1, 0.15) is 5.75 Å². The molecule has 2 rings (SSSR count). The van der Waals surface area contributed by atoms with Crippen molar-refractivity contribution in [2.45, 2.75) is 31.9 Å². The Hall–Kier alpha value is -1.82. The summed E-state index contributed by atoms with van der Waals surface area (Å²) in [7, 11) is 0. The minimum atomic E-state index is -0.0986. The highest BCUT2D eigenvalue weighted by Gasteiger charge is 2.25. The number of carbonyl (C=O) groups is 1. The maximum Gasteiger partial charge on any atom is 0.239 e. The monoisotopic (exact) mass is 305 g/mol. The number of ether oxygens (including phenoxy) is 1. The van der Waals surface area contributed by atoms with Crippen LogP contribution in [-0.4, -0.2) is 29.1 Å². The number of benzene rings is 1. The van der Waals surface area contributed by atoms with Gasteiger partial charge in [-0.15, -0.1) is 5.10 Å². The molecule has 1 aromatic rings. The summed E-state index contributed by atoms with van der Waals surface area (Å²) >= 11 is 1.38. The van der Waals surface area contributed by atoms with Crippen molar-refractivity contribution >= 4 is 29.1 Å². The normalized spacial score (nSPS) is 20.2. The van der Waals surface area contributed by atoms with Crippen LogP contribution in [0.15, 0.2) is 34.5 Å². The number of nitrogens with one attached hydrogen (secondary N) is 1. The molecule has 1 fully saturated rings. The quantitative estimate of drug-likeness (QED) is 0.499. The molecule has 112 valence electrons. The second-order valence-corrected chi connectivity index (χ2v) is 6.00. The topological polar surface area (TPSA) is 63.1 Å². The Balaban J connectivity index is 1.87. The molecule has 1 heterocycles. The van der Waals surface area contributed by atoms with E-state index in [1.165, 1.54) is 11.8 Å². The van der Waals surface area contributed by atoms with E-state index < -0.39 is 0 Å². The van der Waals surface area contributed by atoms with Crippen molar-refractivity contribution < 1.29 is 9.53 Å². The predicted octanol–water partition coefficient (Wildman–Crippen LogP) is 2.81. The largest absolute Gasteiger partial charge is 0.494 e. The molecule has 6 heteroatoms. The zero-order valence-electron chi connectivity index (χ0n) is 12.2. The van der Waals surface area contributed by atoms with E-state index in [1.807, 2.05) is 31.2 Å². The lowest BCUT2D eigenvalue weighted by atomic mass is 10.2. The fraction of sp³-hybridized carbons (Fsp3) is 0.400. The van der Waals surface area contributed by atoms with Crippen LogP contribution in [0, 0.1) is 0 Å². The summed E-state index contributed by atoms with van der Waals surface area (Å²) in [5.74, 6) is 0.835. The summed E-state index contributed by atoms with van der Waals surface area (Å²) in [6.45, 7) is 4.71. The van der Waals surface area contributed by atoms with Crippen molar-refractivity contribution in [3.8, 4) is 5.75 Å². The van der Waals surface area contributed by atoms with Crippen LogP contribution in [0.4, 0.5) is 0 Å². The molecular weight excluding hydrogens is 286 g/mol. The highest BCUT2D eigenvalue weighted by Crippen LogP contribution is 2.18. The van der Waals surface area contributed by atoms with Gasteiger partial charge in [0.15, 0.2) is 5.17 Å². The van der Waals surface area contributed by atoms with E-state index in [9.17, 15) is 4.79 Å². The summed E-state index contributed by atoms with van der Waals surface area (Å²) in [5, 5.41) is 11.1. The minimum absolute atomic E-state index is 0.0254. The van der Waals surface area contributed by atoms with Gasteiger partial charge in [0.05, 0.1) is 18.1 Å². The van der Waals surface area contributed by atoms with E-state index in [4.69, 9.17) is 4.74 Å². The molecule has 0 saturated carbocycles. The highest BCUT2D eigenvalue weighted by molar-refractivity contribution is 8.15. The first-order valence-corrected chi connectivity index (χ1v) is 7.88. The highest BCUT2D eigenvalue weighted by atomic mass is 32.2. The Kier molecular flexibility index (Phi) is 5.80. The van der Waals surface area contributed by atoms with E-state index in [0.29, 0.717) is 5.17 Å². The molecule has 0 aromatic heterocycles. The number of nitrogens with zero attached hydrogens (tertiary/aromatic N) is 2. The summed E-state index contributed by atoms with van der Waals surface area (Å²) in [6, 6.07) is 7.68. The van der Waals surface area contributed by atoms with Crippen LogP contribution in [0.25, 0.3) is 0 Å². The van der Waals surface area contributed by atoms with E-state index in [2.05, 4.69) is 22.4 Å². The molecule has 1 aliphatic rings. The minimum Gasteiger partial charge on any atom is -0.494 e. The van der Waals surface area contributed by atoms with Crippen molar-refractivity contribution in [3.63, 3.8) is 0 Å². The van der Waals surface area contributed by atoms with Crippen LogP contribution >= 0.6 is 11.8 Å². The number of unbranched alkanes of at least 4 members (excludes halogenated alkanes) is 1. The first-order chi connectivity index (χ1) is 10.2. The van der Waals surface area contributed by atoms with Gasteiger partial charge in [-0.3, -0.25) is 4.79 Å². The molecule has 0 unspecified atom stereocenters. The van der Waals surface area contributed by atoms with Crippen LogP contribution in [0.2, 0.25) is 0 Å². The molecule has 1 aromatic carbocycles. The SMILES string of the molecule is CCCCOc1ccc(/C=N\N=C2/NC(=O)[C@H](C)S2)cc1. The molecule has 0 radical (unpaired) electrons. The Morgan fingerprint density at radius 1 is 1.38 bits per heavy atom. The molecule has 1 amide bonds. The van der Waals surface area contributed by atoms with E-state index in [1.54, 1.807) is 6.21 Å². The zero-order valence-corrected chi connectivity index (χ0v) is 13.0. The van der Waals surface area contributed by atoms with Gasteiger partial charge in [0.25, 0.3) is 0 Å². The predicted molar refractivity (Wildman–Crippen MR) is 87.1 cm³/mol. The Labute approximate surface area is 128 Å². The van der Waals surface area contributed by atoms with Gasteiger partial charge >= 0.3 is 0 Å². The molecule has 1 saturated heterocycles. The average Bonchev–Trinajstić information content (AvgIpc) is 2.80. The fourth-order valence-corrected chi connectivity index (χ4v) is 2.39. The lowest BCUT2D eigenvalue weighted by Crippen LogP contribution is -2.23. The maximum atomic E-state index is 11.3. The van der Waals surface area contributed by atoms with Crippen molar-refractivity contribution in [2.75, 3.05) is 6.61 Å². The number of hydrogen-bond acceptors (Lipinski definition) is 5. The van der Waals surface area contributed by atoms with Gasteiger partial charge in [-0.2, -0.15) is 5.10 Å². The number of amides is 1. The molecule has 1 aliphatic heterocycles. The summed E-state index contributed by atoms with van der Waals surface area (Å²) in [5.41, 5.74) is 0.935. The van der Waals surface area contributed by atoms with Crippen molar-refractivity contribution in [2.24, 2.45) is 10.2 Å². The third-order valence-corrected chi connectivity index (χ3v) is 3.86. The van der Waals surface area contributed by atoms with Crippen molar-refractivity contribution in [1.29, 1.82) is 0 Å². The molecular formula is C15H19N3O2S. The van der Waals surface area contributed by atoms with Gasteiger partial charge in [0, 0.05) is 0 Å². The van der Waals surface area contributed by atoms with E-state index >= 15 is 0 Å². The third kappa shape index (κ3) is 4.90. The van der Waals surface area contributed by atoms with Crippen molar-refractivity contribution in [3.05, 3.63) is 29.8 Å². The smallest absolute Gasteiger partial charge is 0.239 e. The first kappa shape index (κ1) is 15.6. The molecule has 21 heavy (non-hydrogen) atoms. The number of thioether (sulfide) groups is 1. The van der Waals surface area contributed by atoms with Crippen molar-refractivity contribution in [1.82, 2.24) is 5.32 Å². The molecule has 1 atom stereocenters. The van der Waals surface area contributed by atoms with Gasteiger partial charge in [-0.25, -0.2) is 0 Å². The van der Waals surface area contributed by atoms with Gasteiger partial charge in [0.2, 0.25) is 5.91 Å². The average molecular weight is 305 g/mol. The molecule has 1 N–H and O–H groups in total. The maximum absolute atomic E-state index is 11.3. The summed E-state index contributed by atoms with van der Waals surface area (Å²) < 4.78 is 5.59. The van der Waals surface area contributed by atoms with E-state index in [0.717, 1.165) is 30.8 Å². The van der Waals surface area contributed by atoms with Crippen LogP contribution in [0.1, 0.15) is 32.3 Å².